The van der Waals surface area contributed by atoms with Crippen LogP contribution in [0.15, 0.2) is 22.8 Å². The van der Waals surface area contributed by atoms with Crippen LogP contribution in [0, 0.1) is 0 Å². The first-order valence-electron chi connectivity index (χ1n) is 7.61. The molecule has 2 fully saturated rings. The van der Waals surface area contributed by atoms with Crippen molar-refractivity contribution in [2.75, 3.05) is 6.54 Å². The van der Waals surface area contributed by atoms with Crippen LogP contribution in [0.1, 0.15) is 38.5 Å². The van der Waals surface area contributed by atoms with Gasteiger partial charge in [-0.2, -0.15) is 0 Å². The van der Waals surface area contributed by atoms with Gasteiger partial charge in [0.05, 0.1) is 0 Å². The van der Waals surface area contributed by atoms with Crippen molar-refractivity contribution in [1.29, 1.82) is 0 Å². The Morgan fingerprint density at radius 1 is 1.27 bits per heavy atom. The number of carbonyl (C=O) groups is 4. The van der Waals surface area contributed by atoms with Gasteiger partial charge >= 0.3 is 0 Å². The number of carbonyl (C=O) groups excluding carboxylic acids is 4. The number of allylic oxidation sites excluding steroid dienone is 2. The van der Waals surface area contributed by atoms with Gasteiger partial charge in [-0.05, 0) is 31.3 Å². The van der Waals surface area contributed by atoms with Crippen molar-refractivity contribution in [2.24, 2.45) is 0 Å². The smallest absolute Gasteiger partial charge is 0.254 e. The van der Waals surface area contributed by atoms with Crippen molar-refractivity contribution in [1.82, 2.24) is 10.2 Å². The average molecular weight is 302 g/mol. The van der Waals surface area contributed by atoms with Gasteiger partial charge in [-0.15, -0.1) is 0 Å². The number of amides is 3. The molecule has 1 aliphatic carbocycles. The maximum absolute atomic E-state index is 12.6. The lowest BCUT2D eigenvalue weighted by atomic mass is 9.90. The van der Waals surface area contributed by atoms with Gasteiger partial charge in [0.25, 0.3) is 5.91 Å². The predicted molar refractivity (Wildman–Crippen MR) is 77.5 cm³/mol. The van der Waals surface area contributed by atoms with Crippen LogP contribution in [0.5, 0.6) is 0 Å². The Morgan fingerprint density at radius 3 is 2.82 bits per heavy atom. The highest BCUT2D eigenvalue weighted by atomic mass is 16.2. The van der Waals surface area contributed by atoms with E-state index in [1.54, 1.807) is 4.90 Å². The molecule has 2 aliphatic heterocycles. The summed E-state index contributed by atoms with van der Waals surface area (Å²) in [6.45, 7) is 0.408. The highest BCUT2D eigenvalue weighted by Crippen LogP contribution is 2.36. The second-order valence-electron chi connectivity index (χ2n) is 5.84. The van der Waals surface area contributed by atoms with E-state index >= 15 is 0 Å². The van der Waals surface area contributed by atoms with Crippen LogP contribution in [0.25, 0.3) is 0 Å². The summed E-state index contributed by atoms with van der Waals surface area (Å²) in [5.74, 6) is -0.804. The molecule has 0 bridgehead atoms. The number of hydrogen-bond donors (Lipinski definition) is 1. The molecule has 0 radical (unpaired) electrons. The summed E-state index contributed by atoms with van der Waals surface area (Å²) in [7, 11) is 0. The number of hydrogen-bond acceptors (Lipinski definition) is 4. The quantitative estimate of drug-likeness (QED) is 0.610. The van der Waals surface area contributed by atoms with Crippen molar-refractivity contribution in [3.63, 3.8) is 0 Å². The molecule has 1 atom stereocenters. The zero-order valence-electron chi connectivity index (χ0n) is 12.3. The maximum atomic E-state index is 12.6. The molecule has 1 N–H and O–H groups in total. The van der Waals surface area contributed by atoms with Crippen LogP contribution < -0.4 is 5.32 Å². The summed E-state index contributed by atoms with van der Waals surface area (Å²) in [5, 5.41) is 2.30. The summed E-state index contributed by atoms with van der Waals surface area (Å²) >= 11 is 0. The van der Waals surface area contributed by atoms with Gasteiger partial charge in [-0.25, -0.2) is 0 Å². The third-order valence-corrected chi connectivity index (χ3v) is 4.52. The third-order valence-electron chi connectivity index (χ3n) is 4.52. The van der Waals surface area contributed by atoms with Gasteiger partial charge in [0.1, 0.15) is 12.3 Å². The van der Waals surface area contributed by atoms with Crippen LogP contribution in [0.3, 0.4) is 0 Å². The van der Waals surface area contributed by atoms with Crippen molar-refractivity contribution < 1.29 is 19.2 Å². The van der Waals surface area contributed by atoms with Gasteiger partial charge in [-0.3, -0.25) is 19.7 Å². The van der Waals surface area contributed by atoms with Gasteiger partial charge in [0.15, 0.2) is 0 Å². The minimum absolute atomic E-state index is 0.132. The SMILES string of the molecule is O=CCCC1=C2CN(C3CCC(=O)NC3=O)C(=O)C2=CCC1. The van der Waals surface area contributed by atoms with E-state index in [1.165, 1.54) is 0 Å². The molecule has 0 aromatic heterocycles. The number of nitrogens with one attached hydrogen (secondary N) is 1. The Morgan fingerprint density at radius 2 is 2.09 bits per heavy atom. The van der Waals surface area contributed by atoms with E-state index in [2.05, 4.69) is 5.32 Å². The normalized spacial score (nSPS) is 25.1. The third kappa shape index (κ3) is 2.49. The first-order chi connectivity index (χ1) is 10.6. The lowest BCUT2D eigenvalue weighted by Gasteiger charge is -2.29. The first-order valence-corrected chi connectivity index (χ1v) is 7.61. The predicted octanol–water partition coefficient (Wildman–Crippen LogP) is 0.630. The highest BCUT2D eigenvalue weighted by Gasteiger charge is 2.41. The molecule has 0 saturated carbocycles. The van der Waals surface area contributed by atoms with Crippen molar-refractivity contribution in [3.05, 3.63) is 22.8 Å². The van der Waals surface area contributed by atoms with Crippen molar-refractivity contribution in [2.45, 2.75) is 44.6 Å². The van der Waals surface area contributed by atoms with Crippen molar-refractivity contribution in [3.8, 4) is 0 Å². The van der Waals surface area contributed by atoms with Crippen molar-refractivity contribution >= 4 is 24.0 Å². The Bertz CT molecular complexity index is 618. The summed E-state index contributed by atoms with van der Waals surface area (Å²) < 4.78 is 0. The molecule has 3 aliphatic rings. The van der Waals surface area contributed by atoms with Crippen LogP contribution in [0.2, 0.25) is 0 Å². The van der Waals surface area contributed by atoms with E-state index in [-0.39, 0.29) is 24.1 Å². The lowest BCUT2D eigenvalue weighted by molar-refractivity contribution is -0.142. The summed E-state index contributed by atoms with van der Waals surface area (Å²) in [4.78, 5) is 48.0. The molecule has 6 heteroatoms. The Kier molecular flexibility index (Phi) is 3.92. The van der Waals surface area contributed by atoms with Gasteiger partial charge in [0, 0.05) is 25.0 Å². The molecule has 3 rings (SSSR count). The molecule has 22 heavy (non-hydrogen) atoms. The van der Waals surface area contributed by atoms with Crippen LogP contribution in [0.4, 0.5) is 0 Å². The largest absolute Gasteiger partial charge is 0.322 e. The number of piperidine rings is 1. The van der Waals surface area contributed by atoms with E-state index in [0.717, 1.165) is 30.3 Å². The molecule has 0 aromatic carbocycles. The van der Waals surface area contributed by atoms with E-state index in [0.29, 0.717) is 31.4 Å². The van der Waals surface area contributed by atoms with E-state index < -0.39 is 6.04 Å². The topological polar surface area (TPSA) is 83.6 Å². The second kappa shape index (κ2) is 5.87. The summed E-state index contributed by atoms with van der Waals surface area (Å²) in [5.41, 5.74) is 2.80. The maximum Gasteiger partial charge on any atom is 0.254 e. The highest BCUT2D eigenvalue weighted by molar-refractivity contribution is 6.07. The molecular weight excluding hydrogens is 284 g/mol. The fraction of sp³-hybridized carbons (Fsp3) is 0.500. The number of rotatable bonds is 4. The number of nitrogens with zero attached hydrogens (tertiary/aromatic N) is 1. The summed E-state index contributed by atoms with van der Waals surface area (Å²) in [6.07, 6.45) is 6.24. The van der Waals surface area contributed by atoms with Crippen LogP contribution in [-0.4, -0.2) is 41.5 Å². The lowest BCUT2D eigenvalue weighted by Crippen LogP contribution is -2.52. The Balaban J connectivity index is 1.84. The van der Waals surface area contributed by atoms with Crippen LogP contribution >= 0.6 is 0 Å². The molecule has 6 nitrogen and oxygen atoms in total. The zero-order valence-corrected chi connectivity index (χ0v) is 12.3. The Labute approximate surface area is 128 Å². The molecular formula is C16H18N2O4. The van der Waals surface area contributed by atoms with E-state index in [4.69, 9.17) is 0 Å². The van der Waals surface area contributed by atoms with Gasteiger partial charge in [0.2, 0.25) is 11.8 Å². The fourth-order valence-corrected chi connectivity index (χ4v) is 3.41. The number of imide groups is 1. The Hall–Kier alpha value is -2.24. The van der Waals surface area contributed by atoms with Gasteiger partial charge < -0.3 is 9.69 Å². The molecule has 116 valence electrons. The molecule has 0 aromatic rings. The van der Waals surface area contributed by atoms with Gasteiger partial charge in [-0.1, -0.05) is 11.6 Å². The standard InChI is InChI=1S/C16H18N2O4/c19-8-2-4-10-3-1-5-11-12(10)9-18(16(11)22)13-6-7-14(20)17-15(13)21/h5,8,13H,1-4,6-7,9H2,(H,17,20,21). The number of likely N-dealkylation sites (tertiary alicyclic amines) is 1. The number of aldehydes is 1. The molecule has 0 spiro atoms. The van der Waals surface area contributed by atoms with E-state index in [1.807, 2.05) is 6.08 Å². The molecule has 3 amide bonds. The minimum atomic E-state index is -0.573. The fourth-order valence-electron chi connectivity index (χ4n) is 3.41. The molecule has 1 unspecified atom stereocenters. The zero-order chi connectivity index (χ0) is 15.7. The second-order valence-corrected chi connectivity index (χ2v) is 5.84. The molecule has 2 heterocycles. The minimum Gasteiger partial charge on any atom is -0.322 e. The average Bonchev–Trinajstić information content (AvgIpc) is 2.83. The monoisotopic (exact) mass is 302 g/mol. The van der Waals surface area contributed by atoms with Crippen LogP contribution in [-0.2, 0) is 19.2 Å². The molecule has 2 saturated heterocycles. The number of fused-ring (bicyclic) bond motifs is 1. The first kappa shape index (κ1) is 14.7. The van der Waals surface area contributed by atoms with E-state index in [9.17, 15) is 19.2 Å². The summed E-state index contributed by atoms with van der Waals surface area (Å²) in [6, 6.07) is -0.573.